The molecule has 0 aliphatic heterocycles. The highest BCUT2D eigenvalue weighted by atomic mass is 35.5. The first-order valence-corrected chi connectivity index (χ1v) is 13.1. The molecule has 0 aliphatic carbocycles. The van der Waals surface area contributed by atoms with Gasteiger partial charge in [-0.1, -0.05) is 89.6 Å². The summed E-state index contributed by atoms with van der Waals surface area (Å²) in [6.45, 7) is 0.450. The lowest BCUT2D eigenvalue weighted by molar-refractivity contribution is -0.136. The molecule has 4 rings (SSSR count). The predicted octanol–water partition coefficient (Wildman–Crippen LogP) is 8.05. The van der Waals surface area contributed by atoms with E-state index in [1.807, 2.05) is 78.9 Å². The van der Waals surface area contributed by atoms with Crippen LogP contribution in [0.3, 0.4) is 0 Å². The molecule has 0 spiro atoms. The van der Waals surface area contributed by atoms with Gasteiger partial charge in [-0.2, -0.15) is 0 Å². The third-order valence-corrected chi connectivity index (χ3v) is 7.37. The van der Waals surface area contributed by atoms with Crippen molar-refractivity contribution in [2.75, 3.05) is 16.8 Å². The highest BCUT2D eigenvalue weighted by Crippen LogP contribution is 2.32. The van der Waals surface area contributed by atoms with Gasteiger partial charge in [0.2, 0.25) is 0 Å². The third kappa shape index (κ3) is 7.52. The summed E-state index contributed by atoms with van der Waals surface area (Å²) in [5.41, 5.74) is 3.04. The van der Waals surface area contributed by atoms with Gasteiger partial charge in [0.15, 0.2) is 0 Å². The Kier molecular flexibility index (Phi) is 9.12. The number of amides is 2. The molecule has 8 heteroatoms. The zero-order chi connectivity index (χ0) is 26.2. The van der Waals surface area contributed by atoms with Gasteiger partial charge in [0.25, 0.3) is 0 Å². The fourth-order valence-electron chi connectivity index (χ4n) is 3.72. The van der Waals surface area contributed by atoms with E-state index in [9.17, 15) is 9.59 Å². The largest absolute Gasteiger partial charge is 0.481 e. The average Bonchev–Trinajstić information content (AvgIpc) is 2.89. The second kappa shape index (κ2) is 12.7. The summed E-state index contributed by atoms with van der Waals surface area (Å²) in [6, 6.07) is 29.9. The lowest BCUT2D eigenvalue weighted by atomic mass is 10.1. The molecule has 0 unspecified atom stereocenters. The minimum Gasteiger partial charge on any atom is -0.481 e. The van der Waals surface area contributed by atoms with Crippen molar-refractivity contribution in [3.05, 3.63) is 118 Å². The average molecular weight is 551 g/mol. The molecule has 0 atom stereocenters. The van der Waals surface area contributed by atoms with Crippen molar-refractivity contribution in [3.63, 3.8) is 0 Å². The summed E-state index contributed by atoms with van der Waals surface area (Å²) in [5, 5.41) is 12.5. The van der Waals surface area contributed by atoms with Gasteiger partial charge in [-0.15, -0.1) is 0 Å². The summed E-state index contributed by atoms with van der Waals surface area (Å²) < 4.78 is 0. The molecule has 0 radical (unpaired) electrons. The zero-order valence-corrected chi connectivity index (χ0v) is 22.1. The van der Waals surface area contributed by atoms with E-state index >= 15 is 0 Å². The Bertz CT molecular complexity index is 1380. The van der Waals surface area contributed by atoms with Gasteiger partial charge in [-0.05, 0) is 60.0 Å². The van der Waals surface area contributed by atoms with Crippen molar-refractivity contribution in [3.8, 4) is 0 Å². The van der Waals surface area contributed by atoms with E-state index in [1.165, 1.54) is 11.8 Å². The third-order valence-electron chi connectivity index (χ3n) is 5.55. The monoisotopic (exact) mass is 550 g/mol. The van der Waals surface area contributed by atoms with Crippen LogP contribution in [-0.2, 0) is 17.6 Å². The molecule has 0 aromatic heterocycles. The second-order valence-electron chi connectivity index (χ2n) is 8.23. The maximum absolute atomic E-state index is 13.5. The van der Waals surface area contributed by atoms with Gasteiger partial charge >= 0.3 is 12.0 Å². The molecule has 0 fully saturated rings. The summed E-state index contributed by atoms with van der Waals surface area (Å²) in [7, 11) is 0. The Hall–Kier alpha value is -3.45. The number of hydrogen-bond acceptors (Lipinski definition) is 3. The van der Waals surface area contributed by atoms with Gasteiger partial charge in [0.05, 0.1) is 22.2 Å². The molecule has 0 bridgehead atoms. The molecule has 2 N–H and O–H groups in total. The highest BCUT2D eigenvalue weighted by molar-refractivity contribution is 7.99. The Morgan fingerprint density at radius 2 is 1.54 bits per heavy atom. The molecule has 4 aromatic carbocycles. The molecule has 0 heterocycles. The van der Waals surface area contributed by atoms with Crippen molar-refractivity contribution < 1.29 is 14.7 Å². The number of carboxylic acid groups (broad SMARTS) is 1. The predicted molar refractivity (Wildman–Crippen MR) is 151 cm³/mol. The number of benzene rings is 4. The van der Waals surface area contributed by atoms with Crippen LogP contribution in [0.5, 0.6) is 0 Å². The number of carboxylic acids is 1. The molecular weight excluding hydrogens is 527 g/mol. The van der Waals surface area contributed by atoms with E-state index < -0.39 is 5.97 Å². The standard InChI is InChI=1S/C29H24Cl2N2O3S/c30-25-10-5-11-26(28(25)31)32-29(36)33(17-16-20-6-2-1-3-7-20)22-8-4-9-24(19-22)37-23-14-12-21(13-15-23)18-27(34)35/h1-15,19H,16-18H2,(H,32,36)(H,34,35). The van der Waals surface area contributed by atoms with Gasteiger partial charge in [-0.25, -0.2) is 4.79 Å². The van der Waals surface area contributed by atoms with Gasteiger partial charge in [0, 0.05) is 22.0 Å². The van der Waals surface area contributed by atoms with Crippen LogP contribution in [0.4, 0.5) is 16.2 Å². The molecular formula is C29H24Cl2N2O3S. The van der Waals surface area contributed by atoms with E-state index in [0.717, 1.165) is 26.6 Å². The molecule has 37 heavy (non-hydrogen) atoms. The molecule has 0 saturated heterocycles. The van der Waals surface area contributed by atoms with Crippen molar-refractivity contribution in [2.24, 2.45) is 0 Å². The number of carbonyl (C=O) groups is 2. The van der Waals surface area contributed by atoms with E-state index in [0.29, 0.717) is 23.7 Å². The molecule has 4 aromatic rings. The number of carbonyl (C=O) groups excluding carboxylic acids is 1. The number of urea groups is 1. The molecule has 5 nitrogen and oxygen atoms in total. The molecule has 0 aliphatic rings. The van der Waals surface area contributed by atoms with E-state index in [2.05, 4.69) is 5.32 Å². The fourth-order valence-corrected chi connectivity index (χ4v) is 4.94. The Labute approximate surface area is 230 Å². The van der Waals surface area contributed by atoms with Crippen LogP contribution >= 0.6 is 35.0 Å². The minimum atomic E-state index is -0.860. The highest BCUT2D eigenvalue weighted by Gasteiger charge is 2.18. The number of aliphatic carboxylic acids is 1. The van der Waals surface area contributed by atoms with Gasteiger partial charge in [0.1, 0.15) is 0 Å². The first-order valence-electron chi connectivity index (χ1n) is 11.5. The van der Waals surface area contributed by atoms with Crippen LogP contribution in [-0.4, -0.2) is 23.7 Å². The lowest BCUT2D eigenvalue weighted by Crippen LogP contribution is -2.36. The quantitative estimate of drug-likeness (QED) is 0.221. The van der Waals surface area contributed by atoms with Gasteiger partial charge < -0.3 is 10.4 Å². The van der Waals surface area contributed by atoms with Crippen LogP contribution in [0.15, 0.2) is 107 Å². The van der Waals surface area contributed by atoms with Crippen LogP contribution < -0.4 is 10.2 Å². The van der Waals surface area contributed by atoms with Crippen molar-refractivity contribution in [1.82, 2.24) is 0 Å². The number of hydrogen-bond donors (Lipinski definition) is 2. The molecule has 2 amide bonds. The van der Waals surface area contributed by atoms with E-state index in [4.69, 9.17) is 28.3 Å². The Morgan fingerprint density at radius 1 is 0.811 bits per heavy atom. The summed E-state index contributed by atoms with van der Waals surface area (Å²) in [6.07, 6.45) is 0.655. The van der Waals surface area contributed by atoms with Crippen molar-refractivity contribution in [1.29, 1.82) is 0 Å². The minimum absolute atomic E-state index is 0.0113. The van der Waals surface area contributed by atoms with Crippen molar-refractivity contribution >= 4 is 58.3 Å². The fraction of sp³-hybridized carbons (Fsp3) is 0.103. The molecule has 0 saturated carbocycles. The van der Waals surface area contributed by atoms with Crippen molar-refractivity contribution in [2.45, 2.75) is 22.6 Å². The van der Waals surface area contributed by atoms with Crippen LogP contribution in [0, 0.1) is 0 Å². The zero-order valence-electron chi connectivity index (χ0n) is 19.7. The van der Waals surface area contributed by atoms with Crippen LogP contribution in [0.25, 0.3) is 0 Å². The van der Waals surface area contributed by atoms with E-state index in [-0.39, 0.29) is 17.5 Å². The van der Waals surface area contributed by atoms with Crippen LogP contribution in [0.2, 0.25) is 10.0 Å². The Morgan fingerprint density at radius 3 is 2.27 bits per heavy atom. The lowest BCUT2D eigenvalue weighted by Gasteiger charge is -2.24. The maximum atomic E-state index is 13.5. The van der Waals surface area contributed by atoms with Crippen LogP contribution in [0.1, 0.15) is 11.1 Å². The second-order valence-corrected chi connectivity index (χ2v) is 10.2. The number of nitrogens with zero attached hydrogens (tertiary/aromatic N) is 1. The SMILES string of the molecule is O=C(O)Cc1ccc(Sc2cccc(N(CCc3ccccc3)C(=O)Nc3cccc(Cl)c3Cl)c2)cc1. The summed E-state index contributed by atoms with van der Waals surface area (Å²) in [4.78, 5) is 28.0. The maximum Gasteiger partial charge on any atom is 0.326 e. The van der Waals surface area contributed by atoms with E-state index in [1.54, 1.807) is 23.1 Å². The first kappa shape index (κ1) is 26.6. The summed E-state index contributed by atoms with van der Waals surface area (Å²) in [5.74, 6) is -0.860. The van der Waals surface area contributed by atoms with Gasteiger partial charge in [-0.3, -0.25) is 9.69 Å². The number of nitrogens with one attached hydrogen (secondary N) is 1. The Balaban J connectivity index is 1.56. The number of halogens is 2. The smallest absolute Gasteiger partial charge is 0.326 e. The normalized spacial score (nSPS) is 10.6. The number of rotatable bonds is 9. The first-order chi connectivity index (χ1) is 17.9. The topological polar surface area (TPSA) is 69.6 Å². The number of anilines is 2. The molecule has 188 valence electrons. The summed E-state index contributed by atoms with van der Waals surface area (Å²) >= 11 is 14.0.